The van der Waals surface area contributed by atoms with Gasteiger partial charge in [0.2, 0.25) is 0 Å². The van der Waals surface area contributed by atoms with E-state index in [2.05, 4.69) is 12.2 Å². The molecule has 0 saturated heterocycles. The number of benzene rings is 1. The molecule has 0 saturated carbocycles. The van der Waals surface area contributed by atoms with Crippen LogP contribution in [0, 0.1) is 0 Å². The molecule has 1 N–H and O–H groups in total. The maximum atomic E-state index is 6.17. The van der Waals surface area contributed by atoms with Gasteiger partial charge in [0, 0.05) is 19.8 Å². The summed E-state index contributed by atoms with van der Waals surface area (Å²) < 4.78 is 10.9. The molecule has 0 heterocycles. The number of hydrogen-bond acceptors (Lipinski definition) is 3. The molecule has 0 amide bonds. The van der Waals surface area contributed by atoms with Gasteiger partial charge in [-0.25, -0.2) is 0 Å². The number of ether oxygens (including phenoxy) is 2. The van der Waals surface area contributed by atoms with Crippen LogP contribution in [0.5, 0.6) is 5.75 Å². The van der Waals surface area contributed by atoms with Gasteiger partial charge >= 0.3 is 0 Å². The normalized spacial score (nSPS) is 10.9. The molecular formula is C16H25Cl2NO2. The summed E-state index contributed by atoms with van der Waals surface area (Å²) in [5, 5.41) is 4.48. The van der Waals surface area contributed by atoms with Crippen molar-refractivity contribution in [1.29, 1.82) is 0 Å². The molecule has 0 unspecified atom stereocenters. The fourth-order valence-electron chi connectivity index (χ4n) is 1.88. The Morgan fingerprint density at radius 3 is 2.33 bits per heavy atom. The molecule has 0 aliphatic rings. The van der Waals surface area contributed by atoms with Crippen molar-refractivity contribution in [3.8, 4) is 5.75 Å². The minimum Gasteiger partial charge on any atom is -0.491 e. The molecule has 0 spiro atoms. The first-order chi connectivity index (χ1) is 10.2. The fraction of sp³-hybridized carbons (Fsp3) is 0.625. The second-order valence-electron chi connectivity index (χ2n) is 4.82. The lowest BCUT2D eigenvalue weighted by atomic mass is 10.2. The Labute approximate surface area is 137 Å². The van der Waals surface area contributed by atoms with Crippen molar-refractivity contribution in [3.05, 3.63) is 27.7 Å². The van der Waals surface area contributed by atoms with E-state index < -0.39 is 0 Å². The number of nitrogens with one attached hydrogen (secondary N) is 1. The summed E-state index contributed by atoms with van der Waals surface area (Å²) in [5.41, 5.74) is 1.06. The maximum Gasteiger partial charge on any atom is 0.156 e. The second-order valence-corrected chi connectivity index (χ2v) is 5.63. The topological polar surface area (TPSA) is 30.5 Å². The van der Waals surface area contributed by atoms with Crippen LogP contribution in [0.15, 0.2) is 12.1 Å². The highest BCUT2D eigenvalue weighted by Crippen LogP contribution is 2.34. The minimum atomic E-state index is 0.551. The predicted octanol–water partition coefficient (Wildman–Crippen LogP) is 4.69. The van der Waals surface area contributed by atoms with Crippen LogP contribution in [0.1, 0.15) is 38.7 Å². The van der Waals surface area contributed by atoms with Gasteiger partial charge in [-0.1, -0.05) is 36.5 Å². The SMILES string of the molecule is CCCCOCCCNCc1cc(Cl)c(OCC)c(Cl)c1. The van der Waals surface area contributed by atoms with E-state index in [1.807, 2.05) is 19.1 Å². The van der Waals surface area contributed by atoms with Crippen LogP contribution < -0.4 is 10.1 Å². The molecule has 0 atom stereocenters. The Hall–Kier alpha value is -0.480. The molecule has 5 heteroatoms. The Morgan fingerprint density at radius 1 is 1.05 bits per heavy atom. The second kappa shape index (κ2) is 11.1. The molecular weight excluding hydrogens is 309 g/mol. The lowest BCUT2D eigenvalue weighted by Crippen LogP contribution is -2.16. The molecule has 3 nitrogen and oxygen atoms in total. The van der Waals surface area contributed by atoms with Crippen LogP contribution >= 0.6 is 23.2 Å². The predicted molar refractivity (Wildman–Crippen MR) is 89.7 cm³/mol. The van der Waals surface area contributed by atoms with E-state index in [1.54, 1.807) is 0 Å². The van der Waals surface area contributed by atoms with Gasteiger partial charge in [0.15, 0.2) is 5.75 Å². The molecule has 0 fully saturated rings. The average Bonchev–Trinajstić information content (AvgIpc) is 2.46. The Bertz CT molecular complexity index is 390. The minimum absolute atomic E-state index is 0.551. The van der Waals surface area contributed by atoms with Gasteiger partial charge < -0.3 is 14.8 Å². The highest BCUT2D eigenvalue weighted by molar-refractivity contribution is 6.37. The van der Waals surface area contributed by atoms with E-state index in [0.29, 0.717) is 22.4 Å². The summed E-state index contributed by atoms with van der Waals surface area (Å²) >= 11 is 12.3. The third-order valence-electron chi connectivity index (χ3n) is 2.96. The van der Waals surface area contributed by atoms with Crippen LogP contribution in [-0.4, -0.2) is 26.4 Å². The van der Waals surface area contributed by atoms with Crippen molar-refractivity contribution in [2.45, 2.75) is 39.7 Å². The van der Waals surface area contributed by atoms with Crippen LogP contribution in [0.4, 0.5) is 0 Å². The smallest absolute Gasteiger partial charge is 0.156 e. The number of halogens is 2. The lowest BCUT2D eigenvalue weighted by Gasteiger charge is -2.11. The summed E-state index contributed by atoms with van der Waals surface area (Å²) in [7, 11) is 0. The molecule has 0 bridgehead atoms. The van der Waals surface area contributed by atoms with Crippen molar-refractivity contribution in [1.82, 2.24) is 5.32 Å². The first kappa shape index (κ1) is 18.6. The number of unbranched alkanes of at least 4 members (excludes halogenated alkanes) is 1. The zero-order valence-corrected chi connectivity index (χ0v) is 14.4. The molecule has 0 radical (unpaired) electrons. The van der Waals surface area contributed by atoms with E-state index >= 15 is 0 Å². The van der Waals surface area contributed by atoms with Crippen LogP contribution in [0.3, 0.4) is 0 Å². The Balaban J connectivity index is 2.26. The van der Waals surface area contributed by atoms with E-state index in [1.165, 1.54) is 6.42 Å². The Kier molecular flexibility index (Phi) is 9.85. The largest absolute Gasteiger partial charge is 0.491 e. The third kappa shape index (κ3) is 7.37. The van der Waals surface area contributed by atoms with E-state index in [0.717, 1.165) is 44.7 Å². The first-order valence-electron chi connectivity index (χ1n) is 7.58. The molecule has 1 aromatic rings. The molecule has 0 aromatic heterocycles. The van der Waals surface area contributed by atoms with Crippen LogP contribution in [0.25, 0.3) is 0 Å². The summed E-state index contributed by atoms with van der Waals surface area (Å²) in [4.78, 5) is 0. The van der Waals surface area contributed by atoms with Crippen molar-refractivity contribution < 1.29 is 9.47 Å². The highest BCUT2D eigenvalue weighted by atomic mass is 35.5. The van der Waals surface area contributed by atoms with Gasteiger partial charge in [0.25, 0.3) is 0 Å². The summed E-state index contributed by atoms with van der Waals surface area (Å²) in [5.74, 6) is 0.564. The molecule has 120 valence electrons. The van der Waals surface area contributed by atoms with Crippen molar-refractivity contribution in [2.75, 3.05) is 26.4 Å². The molecule has 1 rings (SSSR count). The van der Waals surface area contributed by atoms with Gasteiger partial charge in [-0.3, -0.25) is 0 Å². The van der Waals surface area contributed by atoms with Crippen LogP contribution in [-0.2, 0) is 11.3 Å². The van der Waals surface area contributed by atoms with E-state index in [-0.39, 0.29) is 0 Å². The monoisotopic (exact) mass is 333 g/mol. The first-order valence-corrected chi connectivity index (χ1v) is 8.33. The number of hydrogen-bond donors (Lipinski definition) is 1. The summed E-state index contributed by atoms with van der Waals surface area (Å²) in [6.07, 6.45) is 3.32. The van der Waals surface area contributed by atoms with Crippen LogP contribution in [0.2, 0.25) is 10.0 Å². The zero-order chi connectivity index (χ0) is 15.5. The van der Waals surface area contributed by atoms with Crippen molar-refractivity contribution >= 4 is 23.2 Å². The van der Waals surface area contributed by atoms with Gasteiger partial charge in [-0.05, 0) is 44.0 Å². The van der Waals surface area contributed by atoms with Gasteiger partial charge in [-0.15, -0.1) is 0 Å². The number of rotatable bonds is 11. The lowest BCUT2D eigenvalue weighted by molar-refractivity contribution is 0.129. The molecule has 0 aliphatic carbocycles. The van der Waals surface area contributed by atoms with Crippen molar-refractivity contribution in [2.24, 2.45) is 0 Å². The van der Waals surface area contributed by atoms with Crippen molar-refractivity contribution in [3.63, 3.8) is 0 Å². The van der Waals surface area contributed by atoms with E-state index in [9.17, 15) is 0 Å². The third-order valence-corrected chi connectivity index (χ3v) is 3.52. The van der Waals surface area contributed by atoms with Gasteiger partial charge in [0.1, 0.15) is 0 Å². The average molecular weight is 334 g/mol. The maximum absolute atomic E-state index is 6.17. The van der Waals surface area contributed by atoms with Gasteiger partial charge in [-0.2, -0.15) is 0 Å². The quantitative estimate of drug-likeness (QED) is 0.596. The summed E-state index contributed by atoms with van der Waals surface area (Å²) in [6, 6.07) is 3.78. The summed E-state index contributed by atoms with van der Waals surface area (Å²) in [6.45, 7) is 7.94. The standard InChI is InChI=1S/C16H25Cl2NO2/c1-3-5-8-20-9-6-7-19-12-13-10-14(17)16(21-4-2)15(18)11-13/h10-11,19H,3-9,12H2,1-2H3. The highest BCUT2D eigenvalue weighted by Gasteiger charge is 2.08. The molecule has 0 aliphatic heterocycles. The van der Waals surface area contributed by atoms with E-state index in [4.69, 9.17) is 32.7 Å². The van der Waals surface area contributed by atoms with Gasteiger partial charge in [0.05, 0.1) is 16.7 Å². The fourth-order valence-corrected chi connectivity index (χ4v) is 2.52. The zero-order valence-electron chi connectivity index (χ0n) is 12.9. The molecule has 1 aromatic carbocycles. The molecule has 21 heavy (non-hydrogen) atoms. The Morgan fingerprint density at radius 2 is 1.71 bits per heavy atom.